The van der Waals surface area contributed by atoms with E-state index in [-0.39, 0.29) is 5.54 Å². The predicted molar refractivity (Wildman–Crippen MR) is 60.6 cm³/mol. The summed E-state index contributed by atoms with van der Waals surface area (Å²) in [6.07, 6.45) is 1.77. The second kappa shape index (κ2) is 3.31. The summed E-state index contributed by atoms with van der Waals surface area (Å²) in [6.45, 7) is 4.21. The molecular weight excluding hydrogens is 188 g/mol. The van der Waals surface area contributed by atoms with Crippen LogP contribution in [0.2, 0.25) is 0 Å². The number of hydrogen-bond acceptors (Lipinski definition) is 3. The van der Waals surface area contributed by atoms with Gasteiger partial charge in [0.05, 0.1) is 11.1 Å². The van der Waals surface area contributed by atoms with Crippen molar-refractivity contribution in [2.24, 2.45) is 7.05 Å². The van der Waals surface area contributed by atoms with Crippen LogP contribution in [0.3, 0.4) is 0 Å². The predicted octanol–water partition coefficient (Wildman–Crippen LogP) is 1.42. The average molecular weight is 204 g/mol. The van der Waals surface area contributed by atoms with E-state index in [9.17, 15) is 0 Å². The zero-order valence-corrected chi connectivity index (χ0v) is 9.57. The highest BCUT2D eigenvalue weighted by Crippen LogP contribution is 2.21. The molecule has 2 rings (SSSR count). The first-order chi connectivity index (χ1) is 7.06. The number of aryl methyl sites for hydroxylation is 1. The first kappa shape index (κ1) is 10.1. The summed E-state index contributed by atoms with van der Waals surface area (Å²) < 4.78 is 2.08. The zero-order valence-electron chi connectivity index (χ0n) is 9.57. The Morgan fingerprint density at radius 2 is 2.13 bits per heavy atom. The molecule has 0 bridgehead atoms. The maximum Gasteiger partial charge on any atom is 0.177 e. The van der Waals surface area contributed by atoms with Crippen LogP contribution in [0.4, 0.5) is 0 Å². The third-order valence-electron chi connectivity index (χ3n) is 2.84. The molecular formula is C11H16N4. The second-order valence-electron chi connectivity index (χ2n) is 4.22. The molecule has 0 spiro atoms. The number of hydrogen-bond donors (Lipinski definition) is 1. The number of fused-ring (bicyclic) bond motifs is 1. The monoisotopic (exact) mass is 204 g/mol. The first-order valence-corrected chi connectivity index (χ1v) is 5.03. The molecule has 0 aromatic carbocycles. The Labute approximate surface area is 89.3 Å². The smallest absolute Gasteiger partial charge is 0.177 e. The van der Waals surface area contributed by atoms with Crippen LogP contribution in [0.25, 0.3) is 11.2 Å². The molecule has 0 unspecified atom stereocenters. The number of imidazole rings is 1. The Hall–Kier alpha value is -1.42. The van der Waals surface area contributed by atoms with Gasteiger partial charge in [-0.05, 0) is 33.0 Å². The van der Waals surface area contributed by atoms with Crippen LogP contribution < -0.4 is 5.32 Å². The summed E-state index contributed by atoms with van der Waals surface area (Å²) in [6, 6.07) is 3.96. The second-order valence-corrected chi connectivity index (χ2v) is 4.22. The minimum Gasteiger partial charge on any atom is -0.328 e. The Morgan fingerprint density at radius 3 is 2.73 bits per heavy atom. The molecule has 80 valence electrons. The molecule has 0 aliphatic rings. The van der Waals surface area contributed by atoms with Gasteiger partial charge in [0, 0.05) is 13.2 Å². The van der Waals surface area contributed by atoms with Crippen molar-refractivity contribution < 1.29 is 0 Å². The molecule has 2 heterocycles. The van der Waals surface area contributed by atoms with E-state index < -0.39 is 0 Å². The standard InChI is InChI=1S/C11H16N4/c1-11(2,12-3)10-14-9-8(15(10)4)6-5-7-13-9/h5-7,12H,1-4H3. The van der Waals surface area contributed by atoms with Gasteiger partial charge in [-0.2, -0.15) is 0 Å². The summed E-state index contributed by atoms with van der Waals surface area (Å²) in [5.74, 6) is 0.999. The number of rotatable bonds is 2. The van der Waals surface area contributed by atoms with Gasteiger partial charge in [0.15, 0.2) is 5.65 Å². The molecule has 0 aliphatic carbocycles. The molecule has 4 nitrogen and oxygen atoms in total. The van der Waals surface area contributed by atoms with Crippen molar-refractivity contribution in [3.63, 3.8) is 0 Å². The van der Waals surface area contributed by atoms with E-state index in [0.717, 1.165) is 17.0 Å². The molecule has 2 aromatic heterocycles. The SMILES string of the molecule is CNC(C)(C)c1nc2ncccc2n1C. The van der Waals surface area contributed by atoms with Crippen molar-refractivity contribution in [1.82, 2.24) is 19.9 Å². The highest BCUT2D eigenvalue weighted by atomic mass is 15.1. The summed E-state index contributed by atoms with van der Waals surface area (Å²) in [4.78, 5) is 8.79. The molecule has 0 aliphatic heterocycles. The van der Waals surface area contributed by atoms with Crippen LogP contribution in [-0.4, -0.2) is 21.6 Å². The Bertz CT molecular complexity index is 484. The molecule has 0 saturated carbocycles. The van der Waals surface area contributed by atoms with Gasteiger partial charge < -0.3 is 9.88 Å². The van der Waals surface area contributed by atoms with Crippen LogP contribution >= 0.6 is 0 Å². The van der Waals surface area contributed by atoms with Crippen LogP contribution in [0, 0.1) is 0 Å². The van der Waals surface area contributed by atoms with Crippen molar-refractivity contribution >= 4 is 11.2 Å². The molecule has 0 saturated heterocycles. The Balaban J connectivity index is 2.68. The molecule has 0 radical (unpaired) electrons. The van der Waals surface area contributed by atoms with Crippen molar-refractivity contribution in [3.05, 3.63) is 24.2 Å². The normalized spacial score (nSPS) is 12.3. The first-order valence-electron chi connectivity index (χ1n) is 5.03. The lowest BCUT2D eigenvalue weighted by Crippen LogP contribution is -2.35. The van der Waals surface area contributed by atoms with Gasteiger partial charge in [-0.15, -0.1) is 0 Å². The Morgan fingerprint density at radius 1 is 1.40 bits per heavy atom. The van der Waals surface area contributed by atoms with Gasteiger partial charge in [0.25, 0.3) is 0 Å². The van der Waals surface area contributed by atoms with Gasteiger partial charge in [-0.25, -0.2) is 9.97 Å². The number of nitrogens with one attached hydrogen (secondary N) is 1. The molecule has 0 atom stereocenters. The van der Waals surface area contributed by atoms with E-state index in [1.165, 1.54) is 0 Å². The van der Waals surface area contributed by atoms with Gasteiger partial charge >= 0.3 is 0 Å². The number of nitrogens with zero attached hydrogens (tertiary/aromatic N) is 3. The van der Waals surface area contributed by atoms with Crippen molar-refractivity contribution in [3.8, 4) is 0 Å². The summed E-state index contributed by atoms with van der Waals surface area (Å²) >= 11 is 0. The maximum atomic E-state index is 4.54. The van der Waals surface area contributed by atoms with Gasteiger partial charge in [0.2, 0.25) is 0 Å². The van der Waals surface area contributed by atoms with Crippen LogP contribution in [0.15, 0.2) is 18.3 Å². The number of pyridine rings is 1. The lowest BCUT2D eigenvalue weighted by molar-refractivity contribution is 0.406. The number of aromatic nitrogens is 3. The lowest BCUT2D eigenvalue weighted by Gasteiger charge is -2.23. The summed E-state index contributed by atoms with van der Waals surface area (Å²) in [5, 5.41) is 3.25. The summed E-state index contributed by atoms with van der Waals surface area (Å²) in [7, 11) is 3.96. The van der Waals surface area contributed by atoms with Crippen LogP contribution in [-0.2, 0) is 12.6 Å². The molecule has 0 fully saturated rings. The molecule has 4 heteroatoms. The summed E-state index contributed by atoms with van der Waals surface area (Å²) in [5.41, 5.74) is 1.73. The average Bonchev–Trinajstić information content (AvgIpc) is 2.58. The van der Waals surface area contributed by atoms with Gasteiger partial charge in [-0.1, -0.05) is 0 Å². The van der Waals surface area contributed by atoms with E-state index >= 15 is 0 Å². The molecule has 1 N–H and O–H groups in total. The quantitative estimate of drug-likeness (QED) is 0.804. The van der Waals surface area contributed by atoms with E-state index in [1.807, 2.05) is 26.2 Å². The minimum absolute atomic E-state index is 0.143. The van der Waals surface area contributed by atoms with Crippen molar-refractivity contribution in [1.29, 1.82) is 0 Å². The molecule has 15 heavy (non-hydrogen) atoms. The minimum atomic E-state index is -0.143. The Kier molecular flexibility index (Phi) is 2.23. The maximum absolute atomic E-state index is 4.54. The topological polar surface area (TPSA) is 42.7 Å². The van der Waals surface area contributed by atoms with E-state index in [2.05, 4.69) is 33.7 Å². The highest BCUT2D eigenvalue weighted by Gasteiger charge is 2.24. The highest BCUT2D eigenvalue weighted by molar-refractivity contribution is 5.71. The largest absolute Gasteiger partial charge is 0.328 e. The van der Waals surface area contributed by atoms with Gasteiger partial charge in [-0.3, -0.25) is 0 Å². The fourth-order valence-corrected chi connectivity index (χ4v) is 1.70. The molecule has 2 aromatic rings. The fraction of sp³-hybridized carbons (Fsp3) is 0.455. The van der Waals surface area contributed by atoms with E-state index in [4.69, 9.17) is 0 Å². The molecule has 0 amide bonds. The van der Waals surface area contributed by atoms with E-state index in [1.54, 1.807) is 6.20 Å². The zero-order chi connectivity index (χ0) is 11.1. The third-order valence-corrected chi connectivity index (χ3v) is 2.84. The lowest BCUT2D eigenvalue weighted by atomic mass is 10.1. The van der Waals surface area contributed by atoms with Gasteiger partial charge in [0.1, 0.15) is 5.82 Å². The third kappa shape index (κ3) is 1.51. The van der Waals surface area contributed by atoms with Crippen LogP contribution in [0.1, 0.15) is 19.7 Å². The van der Waals surface area contributed by atoms with Crippen molar-refractivity contribution in [2.75, 3.05) is 7.05 Å². The van der Waals surface area contributed by atoms with E-state index in [0.29, 0.717) is 0 Å². The van der Waals surface area contributed by atoms with Crippen molar-refractivity contribution in [2.45, 2.75) is 19.4 Å². The fourth-order valence-electron chi connectivity index (χ4n) is 1.70. The van der Waals surface area contributed by atoms with Crippen LogP contribution in [0.5, 0.6) is 0 Å².